The molecule has 0 radical (unpaired) electrons. The first kappa shape index (κ1) is 21.4. The quantitative estimate of drug-likeness (QED) is 0.527. The maximum absolute atomic E-state index is 13.1. The smallest absolute Gasteiger partial charge is 0.254 e. The number of nitrogens with zero attached hydrogens (tertiary/aromatic N) is 2. The average molecular weight is 441 g/mol. The highest BCUT2D eigenvalue weighted by atomic mass is 32.1. The monoisotopic (exact) mass is 440 g/mol. The van der Waals surface area contributed by atoms with Gasteiger partial charge in [0.05, 0.1) is 10.4 Å². The fraction of sp³-hybridized carbons (Fsp3) is 0.375. The van der Waals surface area contributed by atoms with E-state index in [1.165, 1.54) is 30.4 Å². The number of hydrogen-bond donors (Lipinski definition) is 0. The number of piperidine rings is 2. The molecule has 4 rings (SSSR count). The summed E-state index contributed by atoms with van der Waals surface area (Å²) in [5, 5.41) is 1.75. The Labute approximate surface area is 185 Å². The molecule has 0 unspecified atom stereocenters. The molecule has 2 amide bonds. The van der Waals surface area contributed by atoms with Crippen molar-refractivity contribution in [1.82, 2.24) is 9.80 Å². The van der Waals surface area contributed by atoms with Crippen molar-refractivity contribution in [3.05, 3.63) is 63.6 Å². The number of fused-ring (bicyclic) bond motifs is 1. The first-order chi connectivity index (χ1) is 14.9. The molecular weight excluding hydrogens is 415 g/mol. The zero-order valence-corrected chi connectivity index (χ0v) is 18.2. The number of carbonyl (C=O) groups is 3. The lowest BCUT2D eigenvalue weighted by molar-refractivity contribution is -0.132. The predicted octanol–water partition coefficient (Wildman–Crippen LogP) is 4.26. The van der Waals surface area contributed by atoms with Crippen molar-refractivity contribution in [1.29, 1.82) is 0 Å². The number of halogens is 1. The lowest BCUT2D eigenvalue weighted by atomic mass is 9.83. The van der Waals surface area contributed by atoms with Gasteiger partial charge in [0.2, 0.25) is 5.91 Å². The van der Waals surface area contributed by atoms with Gasteiger partial charge in [-0.3, -0.25) is 14.4 Å². The van der Waals surface area contributed by atoms with Gasteiger partial charge >= 0.3 is 0 Å². The zero-order chi connectivity index (χ0) is 22.0. The van der Waals surface area contributed by atoms with Crippen LogP contribution in [0.2, 0.25) is 0 Å². The van der Waals surface area contributed by atoms with Crippen molar-refractivity contribution in [2.75, 3.05) is 19.6 Å². The Morgan fingerprint density at radius 3 is 2.61 bits per heavy atom. The van der Waals surface area contributed by atoms with Crippen LogP contribution in [-0.4, -0.2) is 53.1 Å². The van der Waals surface area contributed by atoms with Gasteiger partial charge in [-0.2, -0.15) is 0 Å². The van der Waals surface area contributed by atoms with E-state index in [1.807, 2.05) is 9.80 Å². The Kier molecular flexibility index (Phi) is 6.32. The second-order valence-corrected chi connectivity index (χ2v) is 9.09. The maximum atomic E-state index is 13.1. The highest BCUT2D eigenvalue weighted by Crippen LogP contribution is 2.32. The Hall–Kier alpha value is -2.80. The molecule has 0 spiro atoms. The number of ketones is 1. The number of benzene rings is 1. The summed E-state index contributed by atoms with van der Waals surface area (Å²) in [5.41, 5.74) is 1.35. The lowest BCUT2D eigenvalue weighted by Crippen LogP contribution is -2.56. The van der Waals surface area contributed by atoms with E-state index in [1.54, 1.807) is 35.7 Å². The fourth-order valence-corrected chi connectivity index (χ4v) is 5.30. The third-order valence-corrected chi connectivity index (χ3v) is 7.15. The summed E-state index contributed by atoms with van der Waals surface area (Å²) < 4.78 is 13.1. The summed E-state index contributed by atoms with van der Waals surface area (Å²) in [6.07, 6.45) is 5.92. The molecule has 0 saturated carbocycles. The minimum absolute atomic E-state index is 0.0297. The van der Waals surface area contributed by atoms with Crippen LogP contribution in [0.1, 0.15) is 51.8 Å². The molecule has 3 heterocycles. The van der Waals surface area contributed by atoms with Crippen LogP contribution in [0, 0.1) is 11.7 Å². The van der Waals surface area contributed by atoms with Gasteiger partial charge in [-0.15, -0.1) is 11.3 Å². The molecule has 2 aliphatic heterocycles. The third kappa shape index (κ3) is 4.77. The molecular formula is C24H25FN2O3S. The summed E-state index contributed by atoms with van der Waals surface area (Å²) in [5.74, 6) is -0.161. The average Bonchev–Trinajstić information content (AvgIpc) is 3.28. The number of rotatable bonds is 4. The molecule has 162 valence electrons. The van der Waals surface area contributed by atoms with Gasteiger partial charge in [-0.05, 0) is 61.9 Å². The Morgan fingerprint density at radius 2 is 1.90 bits per heavy atom. The molecule has 1 aromatic carbocycles. The van der Waals surface area contributed by atoms with E-state index in [2.05, 4.69) is 0 Å². The molecule has 1 aromatic heterocycles. The molecule has 31 heavy (non-hydrogen) atoms. The number of amides is 2. The van der Waals surface area contributed by atoms with Crippen LogP contribution in [-0.2, 0) is 4.79 Å². The fourth-order valence-electron chi connectivity index (χ4n) is 4.51. The summed E-state index contributed by atoms with van der Waals surface area (Å²) in [7, 11) is 0. The van der Waals surface area contributed by atoms with E-state index in [0.29, 0.717) is 30.1 Å². The molecule has 7 heteroatoms. The summed E-state index contributed by atoms with van der Waals surface area (Å²) >= 11 is 1.30. The Balaban J connectivity index is 1.40. The van der Waals surface area contributed by atoms with E-state index in [0.717, 1.165) is 24.8 Å². The van der Waals surface area contributed by atoms with Gasteiger partial charge in [0.15, 0.2) is 5.78 Å². The standard InChI is InChI=1S/C24H25FN2O3S/c1-16(28)22-13-19(15-31-22)24(30)26-12-10-21-18(14-26)3-2-11-27(21)23(29)9-6-17-4-7-20(25)8-5-17/h4-9,13,15,18,21H,2-3,10-12,14H2,1H3/b9-6+/t18-,21+/m1/s1. The second kappa shape index (κ2) is 9.14. The van der Waals surface area contributed by atoms with E-state index in [4.69, 9.17) is 0 Å². The third-order valence-electron chi connectivity index (χ3n) is 6.12. The van der Waals surface area contributed by atoms with Crippen LogP contribution in [0.5, 0.6) is 0 Å². The molecule has 2 aromatic rings. The predicted molar refractivity (Wildman–Crippen MR) is 119 cm³/mol. The van der Waals surface area contributed by atoms with Gasteiger partial charge in [0.25, 0.3) is 5.91 Å². The number of Topliss-reactive ketones (excluding diaryl/α,β-unsaturated/α-hetero) is 1. The van der Waals surface area contributed by atoms with E-state index in [9.17, 15) is 18.8 Å². The topological polar surface area (TPSA) is 57.7 Å². The first-order valence-electron chi connectivity index (χ1n) is 10.6. The largest absolute Gasteiger partial charge is 0.338 e. The molecule has 2 fully saturated rings. The number of hydrogen-bond acceptors (Lipinski definition) is 4. The highest BCUT2D eigenvalue weighted by Gasteiger charge is 2.39. The van der Waals surface area contributed by atoms with Crippen molar-refractivity contribution in [2.45, 2.75) is 32.2 Å². The van der Waals surface area contributed by atoms with Crippen LogP contribution < -0.4 is 0 Å². The highest BCUT2D eigenvalue weighted by molar-refractivity contribution is 7.12. The molecule has 2 aliphatic rings. The molecule has 2 saturated heterocycles. The first-order valence-corrected chi connectivity index (χ1v) is 11.4. The molecule has 2 atom stereocenters. The van der Waals surface area contributed by atoms with Crippen molar-refractivity contribution < 1.29 is 18.8 Å². The minimum Gasteiger partial charge on any atom is -0.338 e. The van der Waals surface area contributed by atoms with Crippen molar-refractivity contribution in [2.24, 2.45) is 5.92 Å². The zero-order valence-electron chi connectivity index (χ0n) is 17.4. The van der Waals surface area contributed by atoms with Crippen molar-refractivity contribution >= 4 is 35.0 Å². The lowest BCUT2D eigenvalue weighted by Gasteiger charge is -2.47. The molecule has 0 aliphatic carbocycles. The van der Waals surface area contributed by atoms with Crippen LogP contribution in [0.3, 0.4) is 0 Å². The second-order valence-electron chi connectivity index (χ2n) is 8.18. The summed E-state index contributed by atoms with van der Waals surface area (Å²) in [4.78, 5) is 41.7. The van der Waals surface area contributed by atoms with Crippen LogP contribution in [0.4, 0.5) is 4.39 Å². The number of carbonyl (C=O) groups excluding carboxylic acids is 3. The molecule has 5 nitrogen and oxygen atoms in total. The van der Waals surface area contributed by atoms with Crippen molar-refractivity contribution in [3.8, 4) is 0 Å². The Bertz CT molecular complexity index is 1010. The van der Waals surface area contributed by atoms with Crippen LogP contribution in [0.15, 0.2) is 41.8 Å². The maximum Gasteiger partial charge on any atom is 0.254 e. The van der Waals surface area contributed by atoms with Gasteiger partial charge in [-0.1, -0.05) is 12.1 Å². The SMILES string of the molecule is CC(=O)c1cc(C(=O)N2CC[C@H]3[C@H](CCCN3C(=O)/C=C/c3ccc(F)cc3)C2)cs1. The van der Waals surface area contributed by atoms with Gasteiger partial charge in [-0.25, -0.2) is 4.39 Å². The van der Waals surface area contributed by atoms with Gasteiger partial charge in [0.1, 0.15) is 5.82 Å². The van der Waals surface area contributed by atoms with Gasteiger partial charge < -0.3 is 9.80 Å². The van der Waals surface area contributed by atoms with E-state index in [-0.39, 0.29) is 35.4 Å². The van der Waals surface area contributed by atoms with E-state index >= 15 is 0 Å². The molecule has 0 bridgehead atoms. The molecule has 0 N–H and O–H groups in total. The van der Waals surface area contributed by atoms with Crippen LogP contribution in [0.25, 0.3) is 6.08 Å². The number of likely N-dealkylation sites (tertiary alicyclic amines) is 2. The minimum atomic E-state index is -0.302. The summed E-state index contributed by atoms with van der Waals surface area (Å²) in [6.45, 7) is 3.44. The van der Waals surface area contributed by atoms with Gasteiger partial charge in [0, 0.05) is 37.1 Å². The normalized spacial score (nSPS) is 21.2. The van der Waals surface area contributed by atoms with Crippen molar-refractivity contribution in [3.63, 3.8) is 0 Å². The number of thiophene rings is 1. The summed E-state index contributed by atoms with van der Waals surface area (Å²) in [6, 6.07) is 7.84. The Morgan fingerprint density at radius 1 is 1.13 bits per heavy atom. The van der Waals surface area contributed by atoms with E-state index < -0.39 is 0 Å². The van der Waals surface area contributed by atoms with Crippen LogP contribution >= 0.6 is 11.3 Å².